The molecule has 0 saturated carbocycles. The summed E-state index contributed by atoms with van der Waals surface area (Å²) in [6.45, 7) is 0. The van der Waals surface area contributed by atoms with Crippen LogP contribution in [0.1, 0.15) is 29.2 Å². The highest BCUT2D eigenvalue weighted by molar-refractivity contribution is 9.10. The van der Waals surface area contributed by atoms with Gasteiger partial charge in [0.25, 0.3) is 0 Å². The molecule has 1 aromatic heterocycles. The number of amidine groups is 1. The highest BCUT2D eigenvalue weighted by Crippen LogP contribution is 2.31. The van der Waals surface area contributed by atoms with Crippen LogP contribution in [0.3, 0.4) is 0 Å². The second-order valence-corrected chi connectivity index (χ2v) is 10.2. The molecule has 0 fully saturated rings. The van der Waals surface area contributed by atoms with E-state index in [1.165, 1.54) is 0 Å². The van der Waals surface area contributed by atoms with E-state index in [1.807, 2.05) is 72.8 Å². The van der Waals surface area contributed by atoms with Crippen molar-refractivity contribution in [2.75, 3.05) is 5.73 Å². The number of benzene rings is 3. The second-order valence-electron chi connectivity index (χ2n) is 8.86. The van der Waals surface area contributed by atoms with E-state index in [0.29, 0.717) is 30.9 Å². The lowest BCUT2D eigenvalue weighted by molar-refractivity contribution is -0.121. The minimum Gasteiger partial charge on any atom is -0.382 e. The van der Waals surface area contributed by atoms with Crippen molar-refractivity contribution < 1.29 is 4.79 Å². The monoisotopic (exact) mass is 564 g/mol. The van der Waals surface area contributed by atoms with Crippen LogP contribution < -0.4 is 16.4 Å². The fraction of sp³-hybridized carbons (Fsp3) is 0.222. The number of aromatic nitrogens is 2. The number of hydrogen-bond donors (Lipinski definition) is 4. The van der Waals surface area contributed by atoms with Crippen molar-refractivity contribution in [3.05, 3.63) is 94.0 Å². The fourth-order valence-electron chi connectivity index (χ4n) is 4.43. The predicted octanol–water partition coefficient (Wildman–Crippen LogP) is 4.88. The first-order chi connectivity index (χ1) is 17.5. The number of amides is 1. The number of rotatable bonds is 8. The largest absolute Gasteiger partial charge is 0.382 e. The zero-order valence-electron chi connectivity index (χ0n) is 19.4. The summed E-state index contributed by atoms with van der Waals surface area (Å²) < 4.78 is 1.00. The van der Waals surface area contributed by atoms with Crippen LogP contribution in [-0.4, -0.2) is 33.5 Å². The van der Waals surface area contributed by atoms with Crippen LogP contribution in [0, 0.1) is 0 Å². The van der Waals surface area contributed by atoms with Gasteiger partial charge in [-0.1, -0.05) is 76.1 Å². The van der Waals surface area contributed by atoms with E-state index in [-0.39, 0.29) is 18.0 Å². The van der Waals surface area contributed by atoms with Crippen LogP contribution in [0.2, 0.25) is 0 Å². The van der Waals surface area contributed by atoms with Crippen LogP contribution >= 0.6 is 27.5 Å². The van der Waals surface area contributed by atoms with E-state index in [9.17, 15) is 4.79 Å². The Bertz CT molecular complexity index is 1410. The number of hydrogen-bond acceptors (Lipinski definition) is 5. The minimum absolute atomic E-state index is 0.0377. The maximum Gasteiger partial charge on any atom is 0.220 e. The smallest absolute Gasteiger partial charge is 0.220 e. The molecule has 0 saturated heterocycles. The predicted molar refractivity (Wildman–Crippen MR) is 148 cm³/mol. The molecule has 0 aliphatic carbocycles. The van der Waals surface area contributed by atoms with Gasteiger partial charge in [0.1, 0.15) is 17.4 Å². The highest BCUT2D eigenvalue weighted by atomic mass is 79.9. The molecule has 1 aliphatic heterocycles. The Labute approximate surface area is 222 Å². The molecule has 36 heavy (non-hydrogen) atoms. The second kappa shape index (κ2) is 10.7. The Morgan fingerprint density at radius 1 is 1.08 bits per heavy atom. The molecular formula is C27H26BrClN6O. The number of aliphatic imine (C=N–C) groups is 1. The van der Waals surface area contributed by atoms with E-state index in [4.69, 9.17) is 22.3 Å². The van der Waals surface area contributed by atoms with Crippen LogP contribution in [0.5, 0.6) is 0 Å². The molecule has 4 aromatic rings. The van der Waals surface area contributed by atoms with Crippen LogP contribution in [0.25, 0.3) is 10.9 Å². The third kappa shape index (κ3) is 5.55. The summed E-state index contributed by atoms with van der Waals surface area (Å²) in [6.07, 6.45) is 1.62. The number of H-pyrrole nitrogens is 1. The van der Waals surface area contributed by atoms with E-state index in [0.717, 1.165) is 32.1 Å². The van der Waals surface area contributed by atoms with Crippen molar-refractivity contribution in [3.63, 3.8) is 0 Å². The van der Waals surface area contributed by atoms with Gasteiger partial charge in [0.15, 0.2) is 5.82 Å². The van der Waals surface area contributed by atoms with Gasteiger partial charge in [-0.15, -0.1) is 0 Å². The summed E-state index contributed by atoms with van der Waals surface area (Å²) in [5.74, 6) is 1.09. The summed E-state index contributed by atoms with van der Waals surface area (Å²) in [5.41, 5.74) is 9.43. The van der Waals surface area contributed by atoms with Gasteiger partial charge >= 0.3 is 0 Å². The van der Waals surface area contributed by atoms with Gasteiger partial charge < -0.3 is 16.4 Å². The van der Waals surface area contributed by atoms with Gasteiger partial charge in [0.2, 0.25) is 5.91 Å². The summed E-state index contributed by atoms with van der Waals surface area (Å²) >= 11 is 10.2. The number of anilines is 1. The van der Waals surface area contributed by atoms with Crippen LogP contribution in [0.4, 0.5) is 5.82 Å². The summed E-state index contributed by atoms with van der Waals surface area (Å²) in [5, 5.41) is 14.4. The molecule has 1 amide bonds. The zero-order chi connectivity index (χ0) is 25.1. The Kier molecular flexibility index (Phi) is 7.25. The first kappa shape index (κ1) is 24.3. The summed E-state index contributed by atoms with van der Waals surface area (Å²) in [6, 6.07) is 23.3. The fourth-order valence-corrected chi connectivity index (χ4v) is 5.19. The first-order valence-corrected chi connectivity index (χ1v) is 13.0. The molecule has 3 aromatic carbocycles. The summed E-state index contributed by atoms with van der Waals surface area (Å²) in [4.78, 5) is 17.9. The van der Waals surface area contributed by atoms with E-state index < -0.39 is 5.50 Å². The molecule has 7 nitrogen and oxygen atoms in total. The Hall–Kier alpha value is -3.36. The summed E-state index contributed by atoms with van der Waals surface area (Å²) in [7, 11) is 0. The number of nitrogen functional groups attached to an aromatic ring is 1. The third-order valence-electron chi connectivity index (χ3n) is 6.28. The maximum absolute atomic E-state index is 13.0. The molecule has 5 N–H and O–H groups in total. The molecule has 3 atom stereocenters. The lowest BCUT2D eigenvalue weighted by atomic mass is 10.0. The van der Waals surface area contributed by atoms with E-state index in [1.54, 1.807) is 0 Å². The zero-order valence-corrected chi connectivity index (χ0v) is 21.8. The number of nitrogens with zero attached hydrogens (tertiary/aromatic N) is 2. The van der Waals surface area contributed by atoms with Crippen molar-refractivity contribution >= 4 is 56.0 Å². The number of aromatic amines is 1. The number of halogens is 2. The molecule has 2 unspecified atom stereocenters. The van der Waals surface area contributed by atoms with Gasteiger partial charge in [-0.3, -0.25) is 14.9 Å². The first-order valence-electron chi connectivity index (χ1n) is 11.8. The average Bonchev–Trinajstić information content (AvgIpc) is 3.45. The van der Waals surface area contributed by atoms with E-state index >= 15 is 0 Å². The third-order valence-corrected chi connectivity index (χ3v) is 7.12. The van der Waals surface area contributed by atoms with Crippen molar-refractivity contribution in [3.8, 4) is 0 Å². The van der Waals surface area contributed by atoms with Gasteiger partial charge in [0.05, 0.1) is 11.6 Å². The minimum atomic E-state index is -0.449. The number of alkyl halides is 1. The Morgan fingerprint density at radius 3 is 2.69 bits per heavy atom. The van der Waals surface area contributed by atoms with Gasteiger partial charge in [-0.05, 0) is 53.8 Å². The molecule has 184 valence electrons. The molecule has 0 spiro atoms. The van der Waals surface area contributed by atoms with Gasteiger partial charge in [0, 0.05) is 16.3 Å². The molecule has 9 heteroatoms. The lowest BCUT2D eigenvalue weighted by Crippen LogP contribution is -2.47. The topological polar surface area (TPSA) is 108 Å². The standard InChI is InChI=1S/C27H26BrClN6O/c28-19-8-4-7-17(13-19)9-12-23(36)31-22(14-16-5-2-1-3-6-16)27-32-24(25(29)33-27)18-10-11-20-21(15-18)34-35-26(20)30/h1-8,10-11,13,15,22,24-25H,9,12,14H2,(H,31,36)(H,32,33)(H3,30,34,35)/t22-,24?,25?/m0/s1. The van der Waals surface area contributed by atoms with Gasteiger partial charge in [-0.2, -0.15) is 5.10 Å². The number of nitrogens with two attached hydrogens (primary N) is 1. The quantitative estimate of drug-likeness (QED) is 0.180. The Morgan fingerprint density at radius 2 is 1.89 bits per heavy atom. The van der Waals surface area contributed by atoms with Crippen molar-refractivity contribution in [1.29, 1.82) is 0 Å². The SMILES string of the molecule is Nc1n[nH]c2cc(C3N=C([C@H](Cc4ccccc4)NC(=O)CCc4cccc(Br)c4)NC3Cl)ccc12. The average molecular weight is 566 g/mol. The van der Waals surface area contributed by atoms with Crippen LogP contribution in [-0.2, 0) is 17.6 Å². The van der Waals surface area contributed by atoms with Crippen molar-refractivity contribution in [2.45, 2.75) is 36.8 Å². The normalized spacial score (nSPS) is 18.0. The molecule has 2 heterocycles. The van der Waals surface area contributed by atoms with Gasteiger partial charge in [-0.25, -0.2) is 0 Å². The molecule has 0 bridgehead atoms. The number of aryl methyl sites for hydroxylation is 1. The van der Waals surface area contributed by atoms with Crippen LogP contribution in [0.15, 0.2) is 82.3 Å². The molecule has 0 radical (unpaired) electrons. The lowest BCUT2D eigenvalue weighted by Gasteiger charge is -2.20. The van der Waals surface area contributed by atoms with Crippen molar-refractivity contribution in [1.82, 2.24) is 20.8 Å². The van der Waals surface area contributed by atoms with E-state index in [2.05, 4.69) is 36.8 Å². The highest BCUT2D eigenvalue weighted by Gasteiger charge is 2.33. The maximum atomic E-state index is 13.0. The number of carbonyl (C=O) groups is 1. The Balaban J connectivity index is 1.35. The molecule has 1 aliphatic rings. The number of carbonyl (C=O) groups excluding carboxylic acids is 1. The molecular weight excluding hydrogens is 540 g/mol. The molecule has 5 rings (SSSR count). The number of nitrogens with one attached hydrogen (secondary N) is 3. The number of fused-ring (bicyclic) bond motifs is 1. The van der Waals surface area contributed by atoms with Crippen molar-refractivity contribution in [2.24, 2.45) is 4.99 Å².